The van der Waals surface area contributed by atoms with Gasteiger partial charge in [0.15, 0.2) is 0 Å². The second-order valence-electron chi connectivity index (χ2n) is 5.35. The molecule has 1 saturated heterocycles. The fourth-order valence-corrected chi connectivity index (χ4v) is 2.12. The molecule has 8 heteroatoms. The van der Waals surface area contributed by atoms with E-state index in [-0.39, 0.29) is 12.4 Å². The summed E-state index contributed by atoms with van der Waals surface area (Å²) >= 11 is 0. The van der Waals surface area contributed by atoms with E-state index in [1.165, 1.54) is 24.3 Å². The Morgan fingerprint density at radius 2 is 1.74 bits per heavy atom. The van der Waals surface area contributed by atoms with E-state index in [0.29, 0.717) is 10.5 Å². The third-order valence-corrected chi connectivity index (χ3v) is 3.30. The van der Waals surface area contributed by atoms with Crippen LogP contribution in [0, 0.1) is 5.82 Å². The van der Waals surface area contributed by atoms with Crippen molar-refractivity contribution in [2.24, 2.45) is 0 Å². The van der Waals surface area contributed by atoms with E-state index in [0.717, 1.165) is 4.90 Å². The molecule has 0 radical (unpaired) electrons. The van der Waals surface area contributed by atoms with Gasteiger partial charge in [0.25, 0.3) is 0 Å². The van der Waals surface area contributed by atoms with E-state index in [4.69, 9.17) is 0 Å². The maximum Gasteiger partial charge on any atom is 0.334 e. The minimum Gasteiger partial charge on any atom is -0.350 e. The lowest BCUT2D eigenvalue weighted by Crippen LogP contribution is -2.42. The lowest BCUT2D eigenvalue weighted by atomic mass is 10.2. The summed E-state index contributed by atoms with van der Waals surface area (Å²) in [6.45, 7) is 2.79. The Labute approximate surface area is 132 Å². The van der Waals surface area contributed by atoms with Crippen LogP contribution in [0.5, 0.6) is 0 Å². The molecule has 1 aliphatic heterocycles. The van der Waals surface area contributed by atoms with Crippen LogP contribution in [0.15, 0.2) is 24.3 Å². The van der Waals surface area contributed by atoms with Crippen LogP contribution >= 0.6 is 0 Å². The first-order valence-electron chi connectivity index (χ1n) is 7.01. The summed E-state index contributed by atoms with van der Waals surface area (Å²) in [5.74, 6) is -2.92. The zero-order valence-corrected chi connectivity index (χ0v) is 12.7. The average molecular weight is 321 g/mol. The van der Waals surface area contributed by atoms with Gasteiger partial charge < -0.3 is 5.32 Å². The van der Waals surface area contributed by atoms with Gasteiger partial charge in [-0.15, -0.1) is 0 Å². The van der Waals surface area contributed by atoms with E-state index in [2.05, 4.69) is 5.32 Å². The number of imide groups is 2. The standard InChI is InChI=1S/C15H16FN3O4/c1-9(2)19-14(22)13(21)18(15(19)23)8-12(20)17-7-10-3-5-11(16)6-4-10/h3-6,9H,7-8H2,1-2H3,(H,17,20). The van der Waals surface area contributed by atoms with Gasteiger partial charge in [0.2, 0.25) is 5.91 Å². The molecule has 1 aliphatic rings. The Morgan fingerprint density at radius 3 is 2.26 bits per heavy atom. The third kappa shape index (κ3) is 3.53. The molecule has 0 aliphatic carbocycles. The molecule has 1 N–H and O–H groups in total. The lowest BCUT2D eigenvalue weighted by molar-refractivity contribution is -0.144. The van der Waals surface area contributed by atoms with Crippen molar-refractivity contribution < 1.29 is 23.6 Å². The monoisotopic (exact) mass is 321 g/mol. The number of amides is 5. The van der Waals surface area contributed by atoms with Gasteiger partial charge in [0, 0.05) is 12.6 Å². The first-order chi connectivity index (χ1) is 10.8. The molecule has 0 unspecified atom stereocenters. The molecule has 0 spiro atoms. The predicted octanol–water partition coefficient (Wildman–Crippen LogP) is 0.641. The molecule has 1 fully saturated rings. The maximum atomic E-state index is 12.8. The molecule has 5 amide bonds. The van der Waals surface area contributed by atoms with Crippen molar-refractivity contribution in [1.29, 1.82) is 0 Å². The van der Waals surface area contributed by atoms with Crippen molar-refractivity contribution in [2.45, 2.75) is 26.4 Å². The minimum absolute atomic E-state index is 0.122. The molecule has 0 aromatic heterocycles. The van der Waals surface area contributed by atoms with Crippen LogP contribution in [0.3, 0.4) is 0 Å². The van der Waals surface area contributed by atoms with Gasteiger partial charge in [-0.3, -0.25) is 19.3 Å². The van der Waals surface area contributed by atoms with Crippen LogP contribution in [0.1, 0.15) is 19.4 Å². The summed E-state index contributed by atoms with van der Waals surface area (Å²) in [4.78, 5) is 48.8. The predicted molar refractivity (Wildman–Crippen MR) is 77.3 cm³/mol. The van der Waals surface area contributed by atoms with Crippen LogP contribution in [0.2, 0.25) is 0 Å². The van der Waals surface area contributed by atoms with Crippen molar-refractivity contribution in [3.8, 4) is 0 Å². The lowest BCUT2D eigenvalue weighted by Gasteiger charge is -2.18. The highest BCUT2D eigenvalue weighted by molar-refractivity contribution is 6.45. The van der Waals surface area contributed by atoms with Crippen LogP contribution < -0.4 is 5.32 Å². The average Bonchev–Trinajstić information content (AvgIpc) is 2.70. The molecule has 2 rings (SSSR count). The second kappa shape index (κ2) is 6.55. The van der Waals surface area contributed by atoms with E-state index >= 15 is 0 Å². The topological polar surface area (TPSA) is 86.8 Å². The number of halogens is 1. The fraction of sp³-hybridized carbons (Fsp3) is 0.333. The van der Waals surface area contributed by atoms with Crippen molar-refractivity contribution >= 4 is 23.8 Å². The number of carbonyl (C=O) groups excluding carboxylic acids is 4. The first kappa shape index (κ1) is 16.6. The summed E-state index contributed by atoms with van der Waals surface area (Å²) in [5.41, 5.74) is 0.665. The smallest absolute Gasteiger partial charge is 0.334 e. The number of nitrogens with zero attached hydrogens (tertiary/aromatic N) is 2. The van der Waals surface area contributed by atoms with Crippen LogP contribution in [0.25, 0.3) is 0 Å². The number of hydrogen-bond donors (Lipinski definition) is 1. The second-order valence-corrected chi connectivity index (χ2v) is 5.35. The highest BCUT2D eigenvalue weighted by atomic mass is 19.1. The number of rotatable bonds is 5. The normalized spacial score (nSPS) is 14.9. The van der Waals surface area contributed by atoms with E-state index in [1.54, 1.807) is 13.8 Å². The summed E-state index contributed by atoms with van der Waals surface area (Å²) in [6, 6.07) is 4.26. The van der Waals surface area contributed by atoms with Crippen LogP contribution in [-0.4, -0.2) is 46.1 Å². The number of urea groups is 1. The molecule has 1 aromatic carbocycles. The molecule has 1 aromatic rings. The van der Waals surface area contributed by atoms with Gasteiger partial charge >= 0.3 is 17.8 Å². The molecule has 7 nitrogen and oxygen atoms in total. The van der Waals surface area contributed by atoms with Crippen LogP contribution in [-0.2, 0) is 20.9 Å². The molecular weight excluding hydrogens is 305 g/mol. The van der Waals surface area contributed by atoms with E-state index in [1.807, 2.05) is 0 Å². The van der Waals surface area contributed by atoms with Gasteiger partial charge in [0.1, 0.15) is 12.4 Å². The Morgan fingerprint density at radius 1 is 1.13 bits per heavy atom. The SMILES string of the molecule is CC(C)N1C(=O)C(=O)N(CC(=O)NCc2ccc(F)cc2)C1=O. The van der Waals surface area contributed by atoms with E-state index in [9.17, 15) is 23.6 Å². The number of hydrogen-bond acceptors (Lipinski definition) is 4. The van der Waals surface area contributed by atoms with Crippen molar-refractivity contribution in [3.05, 3.63) is 35.6 Å². The van der Waals surface area contributed by atoms with E-state index < -0.39 is 36.3 Å². The summed E-state index contributed by atoms with van der Waals surface area (Å²) < 4.78 is 12.8. The van der Waals surface area contributed by atoms with Gasteiger partial charge in [-0.2, -0.15) is 0 Å². The highest BCUT2D eigenvalue weighted by Crippen LogP contribution is 2.14. The summed E-state index contributed by atoms with van der Waals surface area (Å²) in [5, 5.41) is 2.51. The molecule has 122 valence electrons. The molecule has 1 heterocycles. The first-order valence-corrected chi connectivity index (χ1v) is 7.01. The van der Waals surface area contributed by atoms with Crippen molar-refractivity contribution in [1.82, 2.24) is 15.1 Å². The minimum atomic E-state index is -1.01. The van der Waals surface area contributed by atoms with Gasteiger partial charge in [0.05, 0.1) is 0 Å². The molecule has 0 bridgehead atoms. The summed E-state index contributed by atoms with van der Waals surface area (Å²) in [7, 11) is 0. The van der Waals surface area contributed by atoms with Gasteiger partial charge in [-0.05, 0) is 31.5 Å². The molecular formula is C15H16FN3O4. The van der Waals surface area contributed by atoms with Gasteiger partial charge in [-0.1, -0.05) is 12.1 Å². The number of carbonyl (C=O) groups is 4. The summed E-state index contributed by atoms with van der Waals surface area (Å²) in [6.07, 6.45) is 0. The Kier molecular flexibility index (Phi) is 4.73. The quantitative estimate of drug-likeness (QED) is 0.637. The zero-order valence-electron chi connectivity index (χ0n) is 12.7. The number of nitrogens with one attached hydrogen (secondary N) is 1. The Balaban J connectivity index is 1.95. The van der Waals surface area contributed by atoms with Crippen molar-refractivity contribution in [3.63, 3.8) is 0 Å². The Hall–Kier alpha value is -2.77. The van der Waals surface area contributed by atoms with Crippen molar-refractivity contribution in [2.75, 3.05) is 6.54 Å². The maximum absolute atomic E-state index is 12.8. The largest absolute Gasteiger partial charge is 0.350 e. The highest BCUT2D eigenvalue weighted by Gasteiger charge is 2.46. The molecule has 0 atom stereocenters. The number of benzene rings is 1. The fourth-order valence-electron chi connectivity index (χ4n) is 2.12. The molecule has 0 saturated carbocycles. The third-order valence-electron chi connectivity index (χ3n) is 3.30. The molecule has 23 heavy (non-hydrogen) atoms. The van der Waals surface area contributed by atoms with Crippen LogP contribution in [0.4, 0.5) is 9.18 Å². The van der Waals surface area contributed by atoms with Gasteiger partial charge in [-0.25, -0.2) is 14.1 Å². The Bertz CT molecular complexity index is 657. The zero-order chi connectivity index (χ0) is 17.1.